The van der Waals surface area contributed by atoms with Crippen LogP contribution in [0.4, 0.5) is 0 Å². The van der Waals surface area contributed by atoms with Gasteiger partial charge in [0.05, 0.1) is 14.2 Å². The van der Waals surface area contributed by atoms with Gasteiger partial charge < -0.3 is 9.47 Å². The lowest BCUT2D eigenvalue weighted by molar-refractivity contribution is -0.122. The molecule has 0 spiro atoms. The minimum Gasteiger partial charge on any atom is -0.493 e. The molecule has 2 rings (SSSR count). The highest BCUT2D eigenvalue weighted by molar-refractivity contribution is 5.78. The summed E-state index contributed by atoms with van der Waals surface area (Å²) in [5.41, 5.74) is 1.19. The number of likely N-dealkylation sites (tertiary alicyclic amines) is 1. The predicted molar refractivity (Wildman–Crippen MR) is 78.2 cm³/mol. The highest BCUT2D eigenvalue weighted by atomic mass is 16.5. The number of carbonyl (C=O) groups excluding carboxylic acids is 1. The Morgan fingerprint density at radius 2 is 2.05 bits per heavy atom. The van der Waals surface area contributed by atoms with Crippen LogP contribution < -0.4 is 9.47 Å². The number of Topliss-reactive ketones (excluding diaryl/α,β-unsaturated/α-hetero) is 1. The second-order valence-corrected chi connectivity index (χ2v) is 5.37. The first-order valence-electron chi connectivity index (χ1n) is 7.07. The van der Waals surface area contributed by atoms with Crippen LogP contribution in [0.25, 0.3) is 0 Å². The fraction of sp³-hybridized carbons (Fsp3) is 0.562. The smallest absolute Gasteiger partial charge is 0.161 e. The van der Waals surface area contributed by atoms with Gasteiger partial charge in [-0.3, -0.25) is 9.69 Å². The molecule has 1 aliphatic heterocycles. The van der Waals surface area contributed by atoms with Gasteiger partial charge in [-0.25, -0.2) is 0 Å². The van der Waals surface area contributed by atoms with Gasteiger partial charge in [0.15, 0.2) is 11.5 Å². The molecule has 20 heavy (non-hydrogen) atoms. The molecule has 0 amide bonds. The number of piperidine rings is 1. The Morgan fingerprint density at radius 1 is 1.30 bits per heavy atom. The van der Waals surface area contributed by atoms with Crippen LogP contribution >= 0.6 is 0 Å². The van der Waals surface area contributed by atoms with Gasteiger partial charge in [-0.2, -0.15) is 0 Å². The molecule has 0 saturated carbocycles. The van der Waals surface area contributed by atoms with Gasteiger partial charge in [0.25, 0.3) is 0 Å². The highest BCUT2D eigenvalue weighted by Gasteiger charge is 2.23. The third kappa shape index (κ3) is 3.51. The molecule has 1 saturated heterocycles. The van der Waals surface area contributed by atoms with E-state index in [9.17, 15) is 4.79 Å². The molecule has 110 valence electrons. The number of rotatable bonds is 5. The van der Waals surface area contributed by atoms with Gasteiger partial charge >= 0.3 is 0 Å². The first-order chi connectivity index (χ1) is 9.63. The molecule has 1 unspecified atom stereocenters. The molecule has 1 heterocycles. The molecule has 4 nitrogen and oxygen atoms in total. The van der Waals surface area contributed by atoms with Crippen molar-refractivity contribution in [3.63, 3.8) is 0 Å². The summed E-state index contributed by atoms with van der Waals surface area (Å²) < 4.78 is 10.6. The van der Waals surface area contributed by atoms with E-state index in [0.717, 1.165) is 44.0 Å². The lowest BCUT2D eigenvalue weighted by Gasteiger charge is -2.31. The molecule has 1 aliphatic rings. The monoisotopic (exact) mass is 277 g/mol. The summed E-state index contributed by atoms with van der Waals surface area (Å²) in [5, 5.41) is 0. The maximum Gasteiger partial charge on any atom is 0.161 e. The van der Waals surface area contributed by atoms with E-state index < -0.39 is 0 Å². The summed E-state index contributed by atoms with van der Waals surface area (Å²) in [6.45, 7) is 4.47. The number of nitrogens with zero attached hydrogens (tertiary/aromatic N) is 1. The minimum atomic E-state index is 0.198. The van der Waals surface area contributed by atoms with Crippen molar-refractivity contribution in [2.45, 2.75) is 26.3 Å². The standard InChI is InChI=1S/C16H23NO3/c1-12(18)14-5-4-8-17(11-14)10-13-6-7-15(19-2)16(9-13)20-3/h6-7,9,14H,4-5,8,10-11H2,1-3H3. The summed E-state index contributed by atoms with van der Waals surface area (Å²) in [7, 11) is 3.29. The van der Waals surface area contributed by atoms with Crippen LogP contribution in [0.3, 0.4) is 0 Å². The number of hydrogen-bond donors (Lipinski definition) is 0. The van der Waals surface area contributed by atoms with Crippen molar-refractivity contribution in [1.82, 2.24) is 4.90 Å². The van der Waals surface area contributed by atoms with Crippen LogP contribution in [0.5, 0.6) is 11.5 Å². The summed E-state index contributed by atoms with van der Waals surface area (Å²) in [6, 6.07) is 6.00. The molecular weight excluding hydrogens is 254 g/mol. The first kappa shape index (κ1) is 14.9. The van der Waals surface area contributed by atoms with E-state index in [1.54, 1.807) is 21.1 Å². The van der Waals surface area contributed by atoms with Crippen LogP contribution in [0.1, 0.15) is 25.3 Å². The van der Waals surface area contributed by atoms with Gasteiger partial charge in [-0.1, -0.05) is 6.07 Å². The fourth-order valence-electron chi connectivity index (χ4n) is 2.77. The second-order valence-electron chi connectivity index (χ2n) is 5.37. The molecule has 0 aromatic heterocycles. The summed E-state index contributed by atoms with van der Waals surface area (Å²) >= 11 is 0. The van der Waals surface area contributed by atoms with Crippen LogP contribution in [-0.4, -0.2) is 38.0 Å². The van der Waals surface area contributed by atoms with Gasteiger partial charge in [0.1, 0.15) is 5.78 Å². The lowest BCUT2D eigenvalue weighted by Crippen LogP contribution is -2.37. The maximum absolute atomic E-state index is 11.5. The number of methoxy groups -OCH3 is 2. The number of ketones is 1. The first-order valence-corrected chi connectivity index (χ1v) is 7.07. The van der Waals surface area contributed by atoms with E-state index in [-0.39, 0.29) is 5.92 Å². The highest BCUT2D eigenvalue weighted by Crippen LogP contribution is 2.28. The van der Waals surface area contributed by atoms with Crippen molar-refractivity contribution in [1.29, 1.82) is 0 Å². The topological polar surface area (TPSA) is 38.8 Å². The van der Waals surface area contributed by atoms with Gasteiger partial charge in [0.2, 0.25) is 0 Å². The van der Waals surface area contributed by atoms with Crippen molar-refractivity contribution >= 4 is 5.78 Å². The number of ether oxygens (including phenoxy) is 2. The second kappa shape index (κ2) is 6.75. The molecule has 4 heteroatoms. The van der Waals surface area contributed by atoms with Crippen LogP contribution in [0, 0.1) is 5.92 Å². The predicted octanol–water partition coefficient (Wildman–Crippen LogP) is 2.50. The third-order valence-corrected chi connectivity index (χ3v) is 3.93. The Labute approximate surface area is 120 Å². The Morgan fingerprint density at radius 3 is 2.70 bits per heavy atom. The molecule has 0 radical (unpaired) electrons. The zero-order valence-corrected chi connectivity index (χ0v) is 12.5. The fourth-order valence-corrected chi connectivity index (χ4v) is 2.77. The van der Waals surface area contributed by atoms with Crippen LogP contribution in [-0.2, 0) is 11.3 Å². The summed E-state index contributed by atoms with van der Waals surface area (Å²) in [6.07, 6.45) is 2.12. The molecule has 0 bridgehead atoms. The van der Waals surface area contributed by atoms with Crippen molar-refractivity contribution in [2.75, 3.05) is 27.3 Å². The summed E-state index contributed by atoms with van der Waals surface area (Å²) in [5.74, 6) is 2.01. The third-order valence-electron chi connectivity index (χ3n) is 3.93. The lowest BCUT2D eigenvalue weighted by atomic mass is 9.94. The van der Waals surface area contributed by atoms with Gasteiger partial charge in [0, 0.05) is 19.0 Å². The average Bonchev–Trinajstić information content (AvgIpc) is 2.47. The molecule has 1 fully saturated rings. The van der Waals surface area contributed by atoms with E-state index in [2.05, 4.69) is 11.0 Å². The zero-order chi connectivity index (χ0) is 14.5. The van der Waals surface area contributed by atoms with Crippen molar-refractivity contribution in [3.8, 4) is 11.5 Å². The molecule has 1 aromatic carbocycles. The average molecular weight is 277 g/mol. The largest absolute Gasteiger partial charge is 0.493 e. The Balaban J connectivity index is 2.04. The van der Waals surface area contributed by atoms with Crippen molar-refractivity contribution < 1.29 is 14.3 Å². The molecule has 1 atom stereocenters. The Hall–Kier alpha value is -1.55. The molecule has 0 aliphatic carbocycles. The molecular formula is C16H23NO3. The van der Waals surface area contributed by atoms with E-state index in [1.807, 2.05) is 12.1 Å². The number of carbonyl (C=O) groups is 1. The van der Waals surface area contributed by atoms with Crippen molar-refractivity contribution in [3.05, 3.63) is 23.8 Å². The Bertz CT molecular complexity index is 473. The number of benzene rings is 1. The molecule has 1 aromatic rings. The zero-order valence-electron chi connectivity index (χ0n) is 12.5. The number of hydrogen-bond acceptors (Lipinski definition) is 4. The van der Waals surface area contributed by atoms with E-state index in [1.165, 1.54) is 5.56 Å². The van der Waals surface area contributed by atoms with E-state index in [4.69, 9.17) is 9.47 Å². The van der Waals surface area contributed by atoms with Crippen LogP contribution in [0.15, 0.2) is 18.2 Å². The Kier molecular flexibility index (Phi) is 5.01. The minimum absolute atomic E-state index is 0.198. The van der Waals surface area contributed by atoms with Gasteiger partial charge in [-0.15, -0.1) is 0 Å². The SMILES string of the molecule is COc1ccc(CN2CCCC(C(C)=O)C2)cc1OC. The van der Waals surface area contributed by atoms with E-state index >= 15 is 0 Å². The van der Waals surface area contributed by atoms with E-state index in [0.29, 0.717) is 5.78 Å². The summed E-state index contributed by atoms with van der Waals surface area (Å²) in [4.78, 5) is 13.9. The molecule has 0 N–H and O–H groups in total. The quantitative estimate of drug-likeness (QED) is 0.829. The van der Waals surface area contributed by atoms with Gasteiger partial charge in [-0.05, 0) is 44.0 Å². The normalized spacial score (nSPS) is 19.6. The maximum atomic E-state index is 11.5. The van der Waals surface area contributed by atoms with Crippen molar-refractivity contribution in [2.24, 2.45) is 5.92 Å². The van der Waals surface area contributed by atoms with Crippen LogP contribution in [0.2, 0.25) is 0 Å².